The van der Waals surface area contributed by atoms with Crippen LogP contribution in [0.25, 0.3) is 5.57 Å². The maximum atomic E-state index is 11.1. The number of aryl methyl sites for hydroxylation is 1. The smallest absolute Gasteiger partial charge is 0.344 e. The first-order valence-electron chi connectivity index (χ1n) is 12.9. The third kappa shape index (κ3) is 8.36. The zero-order valence-electron chi connectivity index (χ0n) is 22.2. The Morgan fingerprint density at radius 2 is 1.74 bits per heavy atom. The molecule has 0 saturated carbocycles. The zero-order valence-corrected chi connectivity index (χ0v) is 22.9. The van der Waals surface area contributed by atoms with Gasteiger partial charge in [0.05, 0.1) is 19.8 Å². The van der Waals surface area contributed by atoms with Crippen molar-refractivity contribution >= 4 is 23.1 Å². The maximum Gasteiger partial charge on any atom is 0.344 e. The van der Waals surface area contributed by atoms with Crippen molar-refractivity contribution in [3.8, 4) is 23.3 Å². The lowest BCUT2D eigenvalue weighted by Gasteiger charge is -2.24. The average molecular weight is 546 g/mol. The van der Waals surface area contributed by atoms with Gasteiger partial charge in [-0.3, -0.25) is 4.90 Å². The second-order valence-electron chi connectivity index (χ2n) is 9.23. The first-order chi connectivity index (χ1) is 18.9. The van der Waals surface area contributed by atoms with Gasteiger partial charge in [0.1, 0.15) is 18.1 Å². The number of hydrogen-bond acceptors (Lipinski definition) is 5. The van der Waals surface area contributed by atoms with Crippen molar-refractivity contribution in [2.24, 2.45) is 0 Å². The number of hydrogen-bond donors (Lipinski definition) is 1. The van der Waals surface area contributed by atoms with E-state index >= 15 is 0 Å². The summed E-state index contributed by atoms with van der Waals surface area (Å²) in [5, 5.41) is 9.76. The van der Waals surface area contributed by atoms with Gasteiger partial charge in [0, 0.05) is 23.7 Å². The van der Waals surface area contributed by atoms with Gasteiger partial charge in [-0.05, 0) is 84.7 Å². The molecule has 1 unspecified atom stereocenters. The van der Waals surface area contributed by atoms with Gasteiger partial charge in [-0.25, -0.2) is 4.79 Å². The van der Waals surface area contributed by atoms with Gasteiger partial charge in [-0.1, -0.05) is 47.7 Å². The van der Waals surface area contributed by atoms with E-state index in [1.165, 1.54) is 6.92 Å². The lowest BCUT2D eigenvalue weighted by molar-refractivity contribution is -0.144. The van der Waals surface area contributed by atoms with Gasteiger partial charge >= 0.3 is 5.97 Å². The third-order valence-electron chi connectivity index (χ3n) is 6.33. The monoisotopic (exact) mass is 545 g/mol. The molecular formula is C32H32ClNO5. The minimum Gasteiger partial charge on any atom is -0.489 e. The van der Waals surface area contributed by atoms with E-state index in [0.29, 0.717) is 23.1 Å². The molecule has 6 nitrogen and oxygen atoms in total. The molecule has 4 rings (SSSR count). The number of halogens is 1. The van der Waals surface area contributed by atoms with Gasteiger partial charge in [-0.2, -0.15) is 0 Å². The summed E-state index contributed by atoms with van der Waals surface area (Å²) in [5.74, 6) is 6.70. The van der Waals surface area contributed by atoms with Crippen LogP contribution in [0, 0.1) is 18.8 Å². The Labute approximate surface area is 234 Å². The quantitative estimate of drug-likeness (QED) is 0.348. The van der Waals surface area contributed by atoms with Gasteiger partial charge in [0.15, 0.2) is 6.10 Å². The van der Waals surface area contributed by atoms with Crippen LogP contribution < -0.4 is 9.47 Å². The highest BCUT2D eigenvalue weighted by molar-refractivity contribution is 6.30. The molecule has 0 bridgehead atoms. The van der Waals surface area contributed by atoms with Crippen LogP contribution in [0.15, 0.2) is 72.8 Å². The van der Waals surface area contributed by atoms with Gasteiger partial charge in [0.25, 0.3) is 0 Å². The minimum absolute atomic E-state index is 0.338. The second kappa shape index (κ2) is 13.9. The average Bonchev–Trinajstić information content (AvgIpc) is 2.94. The Morgan fingerprint density at radius 1 is 1.08 bits per heavy atom. The van der Waals surface area contributed by atoms with Crippen LogP contribution in [0.2, 0.25) is 5.02 Å². The van der Waals surface area contributed by atoms with Gasteiger partial charge in [0.2, 0.25) is 0 Å². The Bertz CT molecular complexity index is 1350. The standard InChI is InChI=1S/C32H32ClNO5/c1-23-22-29(13-14-31(23)39-24(2)32(35)36)38-19-15-30(27-9-11-28(33)12-10-27)26-7-5-25(6-8-26)4-3-16-34-17-20-37-21-18-34/h5-15,22,24H,16-21H2,1-2H3,(H,35,36)/b30-15-. The predicted octanol–water partition coefficient (Wildman–Crippen LogP) is 5.69. The fourth-order valence-corrected chi connectivity index (χ4v) is 4.21. The number of carboxylic acid groups (broad SMARTS) is 1. The number of aliphatic carboxylic acids is 1. The molecule has 1 saturated heterocycles. The van der Waals surface area contributed by atoms with E-state index in [2.05, 4.69) is 28.9 Å². The fraction of sp³-hybridized carbons (Fsp3) is 0.281. The molecule has 1 atom stereocenters. The molecule has 1 fully saturated rings. The van der Waals surface area contributed by atoms with Crippen molar-refractivity contribution in [1.82, 2.24) is 4.90 Å². The molecule has 202 valence electrons. The molecule has 0 aliphatic carbocycles. The molecule has 39 heavy (non-hydrogen) atoms. The number of carbonyl (C=O) groups is 1. The Morgan fingerprint density at radius 3 is 2.38 bits per heavy atom. The van der Waals surface area contributed by atoms with Crippen LogP contribution in [-0.4, -0.2) is 61.5 Å². The number of ether oxygens (including phenoxy) is 3. The molecule has 1 heterocycles. The Kier molecular flexibility index (Phi) is 10.0. The molecule has 1 aliphatic rings. The normalized spacial score (nSPS) is 14.7. The lowest BCUT2D eigenvalue weighted by atomic mass is 9.97. The van der Waals surface area contributed by atoms with E-state index in [1.807, 2.05) is 55.5 Å². The number of rotatable bonds is 9. The van der Waals surface area contributed by atoms with Gasteiger partial charge in [-0.15, -0.1) is 0 Å². The summed E-state index contributed by atoms with van der Waals surface area (Å²) < 4.78 is 16.9. The van der Waals surface area contributed by atoms with Crippen LogP contribution in [0.1, 0.15) is 29.2 Å². The van der Waals surface area contributed by atoms with Crippen molar-refractivity contribution in [1.29, 1.82) is 0 Å². The maximum absolute atomic E-state index is 11.1. The number of nitrogens with zero attached hydrogens (tertiary/aromatic N) is 1. The summed E-state index contributed by atoms with van der Waals surface area (Å²) in [6.07, 6.45) is 1.11. The summed E-state index contributed by atoms with van der Waals surface area (Å²) in [4.78, 5) is 13.4. The van der Waals surface area contributed by atoms with E-state index in [-0.39, 0.29) is 0 Å². The topological polar surface area (TPSA) is 68.2 Å². The molecule has 0 spiro atoms. The SMILES string of the molecule is Cc1cc(OC/C=C(\c2ccc(Cl)cc2)c2ccc(C#CCN3CCOCC3)cc2)ccc1OC(C)C(=O)O. The third-order valence-corrected chi connectivity index (χ3v) is 6.58. The number of carboxylic acids is 1. The minimum atomic E-state index is -1.01. The van der Waals surface area contributed by atoms with Crippen molar-refractivity contribution in [2.45, 2.75) is 20.0 Å². The van der Waals surface area contributed by atoms with Crippen LogP contribution >= 0.6 is 11.6 Å². The van der Waals surface area contributed by atoms with E-state index in [1.54, 1.807) is 12.1 Å². The summed E-state index contributed by atoms with van der Waals surface area (Å²) in [6.45, 7) is 7.82. The predicted molar refractivity (Wildman–Crippen MR) is 154 cm³/mol. The van der Waals surface area contributed by atoms with E-state index in [0.717, 1.165) is 60.7 Å². The first-order valence-corrected chi connectivity index (χ1v) is 13.3. The van der Waals surface area contributed by atoms with Crippen molar-refractivity contribution in [3.05, 3.63) is 100 Å². The van der Waals surface area contributed by atoms with Crippen LogP contribution in [0.5, 0.6) is 11.5 Å². The second-order valence-corrected chi connectivity index (χ2v) is 9.67. The summed E-state index contributed by atoms with van der Waals surface area (Å²) in [7, 11) is 0. The van der Waals surface area contributed by atoms with Crippen LogP contribution in [-0.2, 0) is 9.53 Å². The molecule has 1 aliphatic heterocycles. The molecule has 7 heteroatoms. The molecule has 0 radical (unpaired) electrons. The Hall–Kier alpha value is -3.76. The summed E-state index contributed by atoms with van der Waals surface area (Å²) in [6, 6.07) is 21.3. The largest absolute Gasteiger partial charge is 0.489 e. The highest BCUT2D eigenvalue weighted by atomic mass is 35.5. The van der Waals surface area contributed by atoms with Crippen LogP contribution in [0.3, 0.4) is 0 Å². The first kappa shape index (κ1) is 28.3. The van der Waals surface area contributed by atoms with Crippen molar-refractivity contribution in [2.75, 3.05) is 39.5 Å². The van der Waals surface area contributed by atoms with Crippen LogP contribution in [0.4, 0.5) is 0 Å². The fourth-order valence-electron chi connectivity index (χ4n) is 4.08. The highest BCUT2D eigenvalue weighted by Gasteiger charge is 2.14. The van der Waals surface area contributed by atoms with E-state index < -0.39 is 12.1 Å². The molecule has 3 aromatic carbocycles. The molecule has 1 N–H and O–H groups in total. The molecule has 0 aromatic heterocycles. The zero-order chi connectivity index (χ0) is 27.6. The number of benzene rings is 3. The molecule has 3 aromatic rings. The lowest BCUT2D eigenvalue weighted by Crippen LogP contribution is -2.36. The number of morpholine rings is 1. The van der Waals surface area contributed by atoms with E-state index in [4.69, 9.17) is 30.9 Å². The van der Waals surface area contributed by atoms with Crippen molar-refractivity contribution in [3.63, 3.8) is 0 Å². The molecular weight excluding hydrogens is 514 g/mol. The van der Waals surface area contributed by atoms with Crippen molar-refractivity contribution < 1.29 is 24.1 Å². The highest BCUT2D eigenvalue weighted by Crippen LogP contribution is 2.27. The summed E-state index contributed by atoms with van der Waals surface area (Å²) >= 11 is 6.14. The molecule has 0 amide bonds. The Balaban J connectivity index is 1.46. The summed E-state index contributed by atoms with van der Waals surface area (Å²) in [5.41, 5.74) is 4.85. The van der Waals surface area contributed by atoms with Gasteiger partial charge < -0.3 is 19.3 Å². The van der Waals surface area contributed by atoms with E-state index in [9.17, 15) is 4.79 Å².